The van der Waals surface area contributed by atoms with Crippen molar-refractivity contribution in [2.45, 2.75) is 13.8 Å². The standard InChI is InChI=1S/C20H22N4O3S.ClH/c1-13-11-14(2)18-17(12-13)28-20(21-18)23(10-9-22(3)4)19(25)15-7-5-6-8-16(15)24(26)27;/h5-8,11-12H,9-10H2,1-4H3;1H. The zero-order valence-electron chi connectivity index (χ0n) is 16.7. The average molecular weight is 435 g/mol. The van der Waals surface area contributed by atoms with Gasteiger partial charge >= 0.3 is 0 Å². The van der Waals surface area contributed by atoms with E-state index in [4.69, 9.17) is 0 Å². The lowest BCUT2D eigenvalue weighted by atomic mass is 10.1. The summed E-state index contributed by atoms with van der Waals surface area (Å²) in [5.41, 5.74) is 2.90. The molecule has 1 heterocycles. The summed E-state index contributed by atoms with van der Waals surface area (Å²) in [6.45, 7) is 5.01. The first kappa shape index (κ1) is 22.7. The Hall–Kier alpha value is -2.55. The molecule has 0 bridgehead atoms. The van der Waals surface area contributed by atoms with Crippen LogP contribution < -0.4 is 4.90 Å². The normalized spacial score (nSPS) is 10.8. The number of halogens is 1. The number of hydrogen-bond donors (Lipinski definition) is 0. The van der Waals surface area contributed by atoms with Gasteiger partial charge in [-0.3, -0.25) is 19.8 Å². The summed E-state index contributed by atoms with van der Waals surface area (Å²) < 4.78 is 0.998. The minimum Gasteiger partial charge on any atom is -0.308 e. The van der Waals surface area contributed by atoms with Gasteiger partial charge in [0, 0.05) is 19.2 Å². The van der Waals surface area contributed by atoms with Gasteiger partial charge in [-0.25, -0.2) is 4.98 Å². The third-order valence-corrected chi connectivity index (χ3v) is 5.42. The van der Waals surface area contributed by atoms with Crippen molar-refractivity contribution in [1.29, 1.82) is 0 Å². The van der Waals surface area contributed by atoms with Crippen molar-refractivity contribution in [2.75, 3.05) is 32.1 Å². The molecule has 0 aliphatic carbocycles. The molecule has 154 valence electrons. The van der Waals surface area contributed by atoms with Crippen molar-refractivity contribution in [3.05, 3.63) is 63.2 Å². The zero-order valence-corrected chi connectivity index (χ0v) is 18.3. The number of likely N-dealkylation sites (N-methyl/N-ethyl adjacent to an activating group) is 1. The van der Waals surface area contributed by atoms with Crippen LogP contribution in [-0.4, -0.2) is 47.9 Å². The van der Waals surface area contributed by atoms with Gasteiger partial charge in [0.2, 0.25) is 0 Å². The highest BCUT2D eigenvalue weighted by molar-refractivity contribution is 7.22. The monoisotopic (exact) mass is 434 g/mol. The molecular weight excluding hydrogens is 412 g/mol. The molecule has 29 heavy (non-hydrogen) atoms. The molecule has 0 saturated heterocycles. The predicted octanol–water partition coefficient (Wildman–Crippen LogP) is 4.45. The van der Waals surface area contributed by atoms with Crippen molar-refractivity contribution < 1.29 is 9.72 Å². The fourth-order valence-electron chi connectivity index (χ4n) is 3.02. The van der Waals surface area contributed by atoms with Crippen LogP contribution in [0.1, 0.15) is 21.5 Å². The highest BCUT2D eigenvalue weighted by Gasteiger charge is 2.27. The summed E-state index contributed by atoms with van der Waals surface area (Å²) in [5, 5.41) is 11.9. The van der Waals surface area contributed by atoms with Crippen molar-refractivity contribution >= 4 is 50.7 Å². The van der Waals surface area contributed by atoms with E-state index in [2.05, 4.69) is 11.1 Å². The quantitative estimate of drug-likeness (QED) is 0.423. The molecule has 9 heteroatoms. The lowest BCUT2D eigenvalue weighted by molar-refractivity contribution is -0.385. The largest absolute Gasteiger partial charge is 0.308 e. The molecule has 1 amide bonds. The number of anilines is 1. The van der Waals surface area contributed by atoms with Gasteiger partial charge in [-0.2, -0.15) is 0 Å². The van der Waals surface area contributed by atoms with Crippen LogP contribution >= 0.6 is 23.7 Å². The molecule has 0 radical (unpaired) electrons. The minimum absolute atomic E-state index is 0. The van der Waals surface area contributed by atoms with Gasteiger partial charge in [0.25, 0.3) is 11.6 Å². The molecule has 0 unspecified atom stereocenters. The lowest BCUT2D eigenvalue weighted by Crippen LogP contribution is -2.37. The van der Waals surface area contributed by atoms with Crippen LogP contribution in [0, 0.1) is 24.0 Å². The van der Waals surface area contributed by atoms with E-state index in [0.717, 1.165) is 21.3 Å². The van der Waals surface area contributed by atoms with E-state index < -0.39 is 10.8 Å². The van der Waals surface area contributed by atoms with Gasteiger partial charge in [-0.1, -0.05) is 29.5 Å². The Kier molecular flexibility index (Phi) is 7.29. The number of benzene rings is 2. The Bertz CT molecular complexity index is 1050. The zero-order chi connectivity index (χ0) is 20.4. The third-order valence-electron chi connectivity index (χ3n) is 4.40. The fourth-order valence-corrected chi connectivity index (χ4v) is 4.18. The first-order chi connectivity index (χ1) is 13.3. The second-order valence-electron chi connectivity index (χ2n) is 6.96. The number of aryl methyl sites for hydroxylation is 2. The van der Waals surface area contributed by atoms with Crippen LogP contribution in [0.25, 0.3) is 10.2 Å². The summed E-state index contributed by atoms with van der Waals surface area (Å²) in [6.07, 6.45) is 0. The highest BCUT2D eigenvalue weighted by Crippen LogP contribution is 2.33. The molecule has 0 N–H and O–H groups in total. The SMILES string of the molecule is Cc1cc(C)c2nc(N(CCN(C)C)C(=O)c3ccccc3[N+](=O)[O-])sc2c1.Cl. The number of carbonyl (C=O) groups is 1. The van der Waals surface area contributed by atoms with Crippen LogP contribution in [0.5, 0.6) is 0 Å². The number of thiazole rings is 1. The molecule has 0 fully saturated rings. The summed E-state index contributed by atoms with van der Waals surface area (Å²) in [7, 11) is 3.83. The van der Waals surface area contributed by atoms with Crippen LogP contribution in [0.3, 0.4) is 0 Å². The molecule has 0 aliphatic heterocycles. The molecule has 3 aromatic rings. The molecule has 2 aromatic carbocycles. The van der Waals surface area contributed by atoms with E-state index in [1.54, 1.807) is 17.0 Å². The molecule has 0 aliphatic rings. The minimum atomic E-state index is -0.525. The van der Waals surface area contributed by atoms with Crippen molar-refractivity contribution in [1.82, 2.24) is 9.88 Å². The second kappa shape index (κ2) is 9.30. The molecule has 0 saturated carbocycles. The summed E-state index contributed by atoms with van der Waals surface area (Å²) in [4.78, 5) is 32.3. The first-order valence-corrected chi connectivity index (χ1v) is 9.67. The first-order valence-electron chi connectivity index (χ1n) is 8.85. The maximum absolute atomic E-state index is 13.3. The van der Waals surface area contributed by atoms with Crippen molar-refractivity contribution in [3.8, 4) is 0 Å². The maximum Gasteiger partial charge on any atom is 0.282 e. The van der Waals surface area contributed by atoms with Gasteiger partial charge in [0.05, 0.1) is 15.1 Å². The summed E-state index contributed by atoms with van der Waals surface area (Å²) in [6, 6.07) is 10.1. The van der Waals surface area contributed by atoms with Crippen molar-refractivity contribution in [3.63, 3.8) is 0 Å². The van der Waals surface area contributed by atoms with E-state index in [-0.39, 0.29) is 23.7 Å². The van der Waals surface area contributed by atoms with Gasteiger partial charge in [-0.15, -0.1) is 12.4 Å². The molecule has 1 aromatic heterocycles. The number of fused-ring (bicyclic) bond motifs is 1. The number of carbonyl (C=O) groups excluding carboxylic acids is 1. The molecule has 0 atom stereocenters. The molecule has 0 spiro atoms. The van der Waals surface area contributed by atoms with Gasteiger partial charge in [0.15, 0.2) is 5.13 Å². The average Bonchev–Trinajstić information content (AvgIpc) is 3.05. The number of para-hydroxylation sites is 1. The smallest absolute Gasteiger partial charge is 0.282 e. The van der Waals surface area contributed by atoms with Crippen LogP contribution in [0.15, 0.2) is 36.4 Å². The topological polar surface area (TPSA) is 79.6 Å². The highest BCUT2D eigenvalue weighted by atomic mass is 35.5. The number of rotatable bonds is 6. The van der Waals surface area contributed by atoms with E-state index >= 15 is 0 Å². The number of hydrogen-bond acceptors (Lipinski definition) is 6. The lowest BCUT2D eigenvalue weighted by Gasteiger charge is -2.21. The Balaban J connectivity index is 0.00000300. The predicted molar refractivity (Wildman–Crippen MR) is 120 cm³/mol. The summed E-state index contributed by atoms with van der Waals surface area (Å²) in [5.74, 6) is -0.414. The Morgan fingerprint density at radius 1 is 1.17 bits per heavy atom. The number of nitrogens with zero attached hydrogens (tertiary/aromatic N) is 4. The van der Waals surface area contributed by atoms with Crippen LogP contribution in [0.2, 0.25) is 0 Å². The summed E-state index contributed by atoms with van der Waals surface area (Å²) >= 11 is 1.43. The van der Waals surface area contributed by atoms with Crippen LogP contribution in [-0.2, 0) is 0 Å². The fraction of sp³-hybridized carbons (Fsp3) is 0.300. The van der Waals surface area contributed by atoms with Crippen LogP contribution in [0.4, 0.5) is 10.8 Å². The molecular formula is C20H23ClN4O3S. The Morgan fingerprint density at radius 2 is 1.86 bits per heavy atom. The Morgan fingerprint density at radius 3 is 2.52 bits per heavy atom. The van der Waals surface area contributed by atoms with Crippen molar-refractivity contribution in [2.24, 2.45) is 0 Å². The van der Waals surface area contributed by atoms with E-state index in [1.165, 1.54) is 23.5 Å². The van der Waals surface area contributed by atoms with Gasteiger partial charge < -0.3 is 4.90 Å². The van der Waals surface area contributed by atoms with Gasteiger partial charge in [0.1, 0.15) is 5.56 Å². The van der Waals surface area contributed by atoms with E-state index in [1.807, 2.05) is 38.9 Å². The van der Waals surface area contributed by atoms with E-state index in [9.17, 15) is 14.9 Å². The number of amides is 1. The number of nitro groups is 1. The second-order valence-corrected chi connectivity index (χ2v) is 7.97. The third kappa shape index (κ3) is 4.90. The Labute approximate surface area is 179 Å². The molecule has 3 rings (SSSR count). The number of nitro benzene ring substituents is 1. The number of aromatic nitrogens is 1. The maximum atomic E-state index is 13.3. The molecule has 7 nitrogen and oxygen atoms in total. The van der Waals surface area contributed by atoms with E-state index in [0.29, 0.717) is 18.2 Å². The van der Waals surface area contributed by atoms with Gasteiger partial charge in [-0.05, 0) is 51.2 Å².